The Kier molecular flexibility index (Phi) is 8.20. The summed E-state index contributed by atoms with van der Waals surface area (Å²) in [5.74, 6) is 0.0569. The second-order valence-electron chi connectivity index (χ2n) is 6.29. The van der Waals surface area contributed by atoms with Crippen molar-refractivity contribution in [3.8, 4) is 0 Å². The Morgan fingerprint density at radius 3 is 2.30 bits per heavy atom. The Hall–Kier alpha value is -1.98. The lowest BCUT2D eigenvalue weighted by molar-refractivity contribution is -0.139. The van der Waals surface area contributed by atoms with Gasteiger partial charge in [-0.25, -0.2) is 0 Å². The molecular weight excluding hydrogens is 380 g/mol. The second kappa shape index (κ2) is 10.4. The van der Waals surface area contributed by atoms with Crippen LogP contribution in [0.25, 0.3) is 0 Å². The number of halogens is 1. The van der Waals surface area contributed by atoms with E-state index >= 15 is 0 Å². The summed E-state index contributed by atoms with van der Waals surface area (Å²) in [6, 6.07) is 14.9. The number of nitrogens with zero attached hydrogens (tertiary/aromatic N) is 1. The lowest BCUT2D eigenvalue weighted by Gasteiger charge is -2.30. The van der Waals surface area contributed by atoms with Gasteiger partial charge < -0.3 is 10.2 Å². The quantitative estimate of drug-likeness (QED) is 0.667. The molecule has 0 saturated heterocycles. The van der Waals surface area contributed by atoms with E-state index in [1.54, 1.807) is 24.1 Å². The molecule has 4 nitrogen and oxygen atoms in total. The van der Waals surface area contributed by atoms with Gasteiger partial charge in [0.05, 0.1) is 5.75 Å². The summed E-state index contributed by atoms with van der Waals surface area (Å²) in [5, 5.41) is 3.34. The van der Waals surface area contributed by atoms with Crippen molar-refractivity contribution < 1.29 is 9.59 Å². The molecule has 2 rings (SSSR count). The van der Waals surface area contributed by atoms with Crippen molar-refractivity contribution in [1.29, 1.82) is 0 Å². The van der Waals surface area contributed by atoms with Gasteiger partial charge in [0.25, 0.3) is 0 Å². The van der Waals surface area contributed by atoms with Crippen molar-refractivity contribution in [2.24, 2.45) is 0 Å². The highest BCUT2D eigenvalue weighted by Crippen LogP contribution is 2.22. The summed E-state index contributed by atoms with van der Waals surface area (Å²) < 4.78 is 0. The van der Waals surface area contributed by atoms with Gasteiger partial charge in [0.15, 0.2) is 0 Å². The van der Waals surface area contributed by atoms with Gasteiger partial charge in [0.2, 0.25) is 11.8 Å². The molecule has 6 heteroatoms. The molecule has 1 N–H and O–H groups in total. The molecule has 144 valence electrons. The van der Waals surface area contributed by atoms with E-state index in [-0.39, 0.29) is 17.6 Å². The van der Waals surface area contributed by atoms with Crippen molar-refractivity contribution in [2.75, 3.05) is 12.8 Å². The summed E-state index contributed by atoms with van der Waals surface area (Å²) in [4.78, 5) is 27.9. The first-order chi connectivity index (χ1) is 12.9. The second-order valence-corrected chi connectivity index (χ2v) is 7.77. The summed E-state index contributed by atoms with van der Waals surface area (Å²) in [7, 11) is 1.60. The van der Waals surface area contributed by atoms with Crippen LogP contribution in [0.3, 0.4) is 0 Å². The Morgan fingerprint density at radius 2 is 1.74 bits per heavy atom. The number of benzene rings is 2. The Labute approximate surface area is 170 Å². The van der Waals surface area contributed by atoms with E-state index in [1.165, 1.54) is 11.8 Å². The fourth-order valence-electron chi connectivity index (χ4n) is 2.74. The maximum absolute atomic E-state index is 13.0. The minimum Gasteiger partial charge on any atom is -0.357 e. The summed E-state index contributed by atoms with van der Waals surface area (Å²) in [6.07, 6.45) is 0.558. The smallest absolute Gasteiger partial charge is 0.242 e. The molecule has 0 saturated carbocycles. The number of amides is 2. The van der Waals surface area contributed by atoms with Crippen LogP contribution >= 0.6 is 23.4 Å². The van der Waals surface area contributed by atoms with Crippen LogP contribution in [0.4, 0.5) is 0 Å². The van der Waals surface area contributed by atoms with E-state index in [0.29, 0.717) is 18.0 Å². The molecule has 0 aliphatic heterocycles. The van der Waals surface area contributed by atoms with Gasteiger partial charge in [-0.3, -0.25) is 9.59 Å². The van der Waals surface area contributed by atoms with Crippen LogP contribution in [0.1, 0.15) is 24.5 Å². The molecule has 0 fully saturated rings. The van der Waals surface area contributed by atoms with Gasteiger partial charge >= 0.3 is 0 Å². The van der Waals surface area contributed by atoms with Crippen molar-refractivity contribution in [2.45, 2.75) is 37.8 Å². The van der Waals surface area contributed by atoms with Crippen LogP contribution in [0.2, 0.25) is 5.02 Å². The van der Waals surface area contributed by atoms with Gasteiger partial charge in [-0.15, -0.1) is 11.8 Å². The van der Waals surface area contributed by atoms with E-state index in [9.17, 15) is 9.59 Å². The van der Waals surface area contributed by atoms with Gasteiger partial charge in [-0.1, -0.05) is 48.4 Å². The Balaban J connectivity index is 2.15. The molecule has 0 bridgehead atoms. The van der Waals surface area contributed by atoms with Crippen LogP contribution in [-0.2, 0) is 16.1 Å². The molecule has 27 heavy (non-hydrogen) atoms. The number of hydrogen-bond donors (Lipinski definition) is 1. The Bertz CT molecular complexity index is 763. The molecule has 2 aromatic carbocycles. The van der Waals surface area contributed by atoms with E-state index < -0.39 is 6.04 Å². The molecule has 1 unspecified atom stereocenters. The zero-order valence-corrected chi connectivity index (χ0v) is 17.4. The molecule has 0 spiro atoms. The molecule has 0 aliphatic rings. The first-order valence-corrected chi connectivity index (χ1v) is 10.3. The maximum atomic E-state index is 13.0. The molecule has 0 aromatic heterocycles. The normalized spacial score (nSPS) is 11.7. The van der Waals surface area contributed by atoms with Crippen molar-refractivity contribution in [3.05, 3.63) is 64.7 Å². The van der Waals surface area contributed by atoms with Crippen LogP contribution in [0.15, 0.2) is 53.4 Å². The third-order valence-electron chi connectivity index (χ3n) is 4.28. The minimum atomic E-state index is -0.491. The topological polar surface area (TPSA) is 49.4 Å². The molecule has 0 heterocycles. The molecular formula is C21H25ClN2O2S. The standard InChI is InChI=1S/C21H25ClN2O2S/c1-4-19(21(26)23-3)24(13-16-7-5-15(2)6-8-16)20(25)14-27-18-11-9-17(22)10-12-18/h5-12,19H,4,13-14H2,1-3H3,(H,23,26). The van der Waals surface area contributed by atoms with Crippen molar-refractivity contribution >= 4 is 35.2 Å². The lowest BCUT2D eigenvalue weighted by Crippen LogP contribution is -2.48. The zero-order chi connectivity index (χ0) is 19.8. The molecule has 0 radical (unpaired) electrons. The van der Waals surface area contributed by atoms with Gasteiger partial charge in [-0.05, 0) is 43.2 Å². The summed E-state index contributed by atoms with van der Waals surface area (Å²) in [6.45, 7) is 4.35. The average molecular weight is 405 g/mol. The monoisotopic (exact) mass is 404 g/mol. The zero-order valence-electron chi connectivity index (χ0n) is 15.9. The van der Waals surface area contributed by atoms with E-state index in [1.807, 2.05) is 50.2 Å². The molecule has 0 aliphatic carbocycles. The summed E-state index contributed by atoms with van der Waals surface area (Å²) in [5.41, 5.74) is 2.17. The number of hydrogen-bond acceptors (Lipinski definition) is 3. The van der Waals surface area contributed by atoms with Gasteiger partial charge in [-0.2, -0.15) is 0 Å². The number of rotatable bonds is 8. The number of aryl methyl sites for hydroxylation is 1. The van der Waals surface area contributed by atoms with Gasteiger partial charge in [0, 0.05) is 23.5 Å². The number of likely N-dealkylation sites (N-methyl/N-ethyl adjacent to an activating group) is 1. The first-order valence-electron chi connectivity index (χ1n) is 8.89. The molecule has 2 aromatic rings. The molecule has 1 atom stereocenters. The third-order valence-corrected chi connectivity index (χ3v) is 5.53. The highest BCUT2D eigenvalue weighted by atomic mass is 35.5. The predicted molar refractivity (Wildman–Crippen MR) is 112 cm³/mol. The molecule has 2 amide bonds. The van der Waals surface area contributed by atoms with E-state index in [4.69, 9.17) is 11.6 Å². The fourth-order valence-corrected chi connectivity index (χ4v) is 3.65. The van der Waals surface area contributed by atoms with Crippen LogP contribution in [0, 0.1) is 6.92 Å². The van der Waals surface area contributed by atoms with E-state index in [2.05, 4.69) is 5.32 Å². The SMILES string of the molecule is CCC(C(=O)NC)N(Cc1ccc(C)cc1)C(=O)CSc1ccc(Cl)cc1. The van der Waals surface area contributed by atoms with Crippen LogP contribution in [0.5, 0.6) is 0 Å². The first kappa shape index (κ1) is 21.3. The average Bonchev–Trinajstić information content (AvgIpc) is 2.68. The highest BCUT2D eigenvalue weighted by Gasteiger charge is 2.27. The highest BCUT2D eigenvalue weighted by molar-refractivity contribution is 8.00. The number of thioether (sulfide) groups is 1. The van der Waals surface area contributed by atoms with Crippen LogP contribution < -0.4 is 5.32 Å². The van der Waals surface area contributed by atoms with Gasteiger partial charge in [0.1, 0.15) is 6.04 Å². The lowest BCUT2D eigenvalue weighted by atomic mass is 10.1. The maximum Gasteiger partial charge on any atom is 0.242 e. The number of carbonyl (C=O) groups excluding carboxylic acids is 2. The van der Waals surface area contributed by atoms with Crippen molar-refractivity contribution in [3.63, 3.8) is 0 Å². The number of carbonyl (C=O) groups is 2. The minimum absolute atomic E-state index is 0.0639. The third kappa shape index (κ3) is 6.29. The largest absolute Gasteiger partial charge is 0.357 e. The Morgan fingerprint density at radius 1 is 1.11 bits per heavy atom. The number of nitrogens with one attached hydrogen (secondary N) is 1. The van der Waals surface area contributed by atoms with E-state index in [0.717, 1.165) is 16.0 Å². The van der Waals surface area contributed by atoms with Crippen molar-refractivity contribution in [1.82, 2.24) is 10.2 Å². The fraction of sp³-hybridized carbons (Fsp3) is 0.333. The predicted octanol–water partition coefficient (Wildman–Crippen LogP) is 4.29. The van der Waals surface area contributed by atoms with Crippen LogP contribution in [-0.4, -0.2) is 35.6 Å². The summed E-state index contributed by atoms with van der Waals surface area (Å²) >= 11 is 7.35.